The lowest BCUT2D eigenvalue weighted by molar-refractivity contribution is -0.385. The summed E-state index contributed by atoms with van der Waals surface area (Å²) in [5, 5.41) is 25.2. The second-order valence-electron chi connectivity index (χ2n) is 6.91. The van der Waals surface area contributed by atoms with Crippen LogP contribution in [0.15, 0.2) is 60.7 Å². The molecule has 0 atom stereocenters. The summed E-state index contributed by atoms with van der Waals surface area (Å²) >= 11 is 0. The molecular weight excluding hydrogens is 459 g/mol. The number of hydrogen-bond donors (Lipinski definition) is 1. The summed E-state index contributed by atoms with van der Waals surface area (Å²) in [6.45, 7) is 2.27. The van der Waals surface area contributed by atoms with Crippen molar-refractivity contribution in [2.24, 2.45) is 0 Å². The maximum Gasteiger partial charge on any atom is 0.416 e. The van der Waals surface area contributed by atoms with E-state index < -0.39 is 27.3 Å². The standard InChI is InChI=1S/C22H18F3N3O6/c1-2-33-21-11-14(13-26-16-5-7-17(8-6-16)27(29)30)3-9-20(21)34-19-10-4-15(22(23,24)25)12-18(19)28(31)32/h3-12,26H,2,13H2,1H3. The van der Waals surface area contributed by atoms with Gasteiger partial charge in [-0.05, 0) is 48.9 Å². The van der Waals surface area contributed by atoms with E-state index in [4.69, 9.17) is 9.47 Å². The zero-order chi connectivity index (χ0) is 24.9. The number of nitrogens with one attached hydrogen (secondary N) is 1. The first-order valence-corrected chi connectivity index (χ1v) is 9.86. The first-order valence-electron chi connectivity index (χ1n) is 9.86. The molecule has 12 heteroatoms. The van der Waals surface area contributed by atoms with Gasteiger partial charge in [0.15, 0.2) is 11.5 Å². The second-order valence-corrected chi connectivity index (χ2v) is 6.91. The average molecular weight is 477 g/mol. The molecular formula is C22H18F3N3O6. The van der Waals surface area contributed by atoms with Crippen LogP contribution in [0.4, 0.5) is 30.2 Å². The van der Waals surface area contributed by atoms with Gasteiger partial charge in [-0.3, -0.25) is 20.2 Å². The molecule has 0 unspecified atom stereocenters. The number of ether oxygens (including phenoxy) is 2. The summed E-state index contributed by atoms with van der Waals surface area (Å²) in [5.41, 5.74) is -0.659. The molecule has 0 aliphatic rings. The molecule has 1 N–H and O–H groups in total. The number of benzene rings is 3. The lowest BCUT2D eigenvalue weighted by Gasteiger charge is -2.15. The zero-order valence-corrected chi connectivity index (χ0v) is 17.7. The van der Waals surface area contributed by atoms with Crippen LogP contribution in [0.3, 0.4) is 0 Å². The van der Waals surface area contributed by atoms with E-state index in [1.807, 2.05) is 0 Å². The Labute approximate surface area is 191 Å². The highest BCUT2D eigenvalue weighted by molar-refractivity contribution is 5.54. The van der Waals surface area contributed by atoms with E-state index in [9.17, 15) is 33.4 Å². The summed E-state index contributed by atoms with van der Waals surface area (Å²) in [5.74, 6) is -0.0424. The summed E-state index contributed by atoms with van der Waals surface area (Å²) in [6.07, 6.45) is -4.74. The van der Waals surface area contributed by atoms with E-state index in [-0.39, 0.29) is 29.5 Å². The number of nitro groups is 2. The van der Waals surface area contributed by atoms with Gasteiger partial charge in [-0.1, -0.05) is 6.07 Å². The molecule has 178 valence electrons. The molecule has 0 amide bonds. The van der Waals surface area contributed by atoms with Gasteiger partial charge in [0.2, 0.25) is 5.75 Å². The van der Waals surface area contributed by atoms with Crippen LogP contribution in [-0.2, 0) is 12.7 Å². The topological polar surface area (TPSA) is 117 Å². The first kappa shape index (κ1) is 24.3. The molecule has 34 heavy (non-hydrogen) atoms. The average Bonchev–Trinajstić information content (AvgIpc) is 2.79. The Bertz CT molecular complexity index is 1200. The van der Waals surface area contributed by atoms with Crippen molar-refractivity contribution in [1.29, 1.82) is 0 Å². The predicted molar refractivity (Wildman–Crippen MR) is 116 cm³/mol. The number of nitrogens with zero attached hydrogens (tertiary/aromatic N) is 2. The van der Waals surface area contributed by atoms with Gasteiger partial charge in [0.05, 0.1) is 22.0 Å². The highest BCUT2D eigenvalue weighted by Crippen LogP contribution is 2.40. The smallest absolute Gasteiger partial charge is 0.416 e. The maximum absolute atomic E-state index is 12.9. The van der Waals surface area contributed by atoms with Gasteiger partial charge < -0.3 is 14.8 Å². The fourth-order valence-corrected chi connectivity index (χ4v) is 2.96. The molecule has 3 aromatic rings. The third-order valence-corrected chi connectivity index (χ3v) is 4.59. The normalized spacial score (nSPS) is 11.1. The maximum atomic E-state index is 12.9. The van der Waals surface area contributed by atoms with Crippen molar-refractivity contribution in [2.75, 3.05) is 11.9 Å². The van der Waals surface area contributed by atoms with Gasteiger partial charge >= 0.3 is 11.9 Å². The molecule has 0 aliphatic heterocycles. The number of alkyl halides is 3. The van der Waals surface area contributed by atoms with Crippen LogP contribution in [0.5, 0.6) is 17.2 Å². The Kier molecular flexibility index (Phi) is 7.19. The minimum atomic E-state index is -4.74. The van der Waals surface area contributed by atoms with Gasteiger partial charge in [-0.25, -0.2) is 0 Å². The van der Waals surface area contributed by atoms with Gasteiger partial charge in [0.25, 0.3) is 5.69 Å². The monoisotopic (exact) mass is 477 g/mol. The van der Waals surface area contributed by atoms with Crippen LogP contribution in [0.25, 0.3) is 0 Å². The third kappa shape index (κ3) is 5.91. The van der Waals surface area contributed by atoms with E-state index in [0.29, 0.717) is 24.4 Å². The summed E-state index contributed by atoms with van der Waals surface area (Å²) in [4.78, 5) is 20.6. The summed E-state index contributed by atoms with van der Waals surface area (Å²) in [6, 6.07) is 12.6. The molecule has 0 saturated carbocycles. The molecule has 0 spiro atoms. The SMILES string of the molecule is CCOc1cc(CNc2ccc([N+](=O)[O-])cc2)ccc1Oc1ccc(C(F)(F)F)cc1[N+](=O)[O-]. The van der Waals surface area contributed by atoms with E-state index in [0.717, 1.165) is 11.6 Å². The summed E-state index contributed by atoms with van der Waals surface area (Å²) < 4.78 is 49.9. The quantitative estimate of drug-likeness (QED) is 0.283. The van der Waals surface area contributed by atoms with Crippen molar-refractivity contribution in [3.63, 3.8) is 0 Å². The zero-order valence-electron chi connectivity index (χ0n) is 17.7. The Morgan fingerprint density at radius 1 is 0.882 bits per heavy atom. The van der Waals surface area contributed by atoms with Gasteiger partial charge in [-0.2, -0.15) is 13.2 Å². The fraction of sp³-hybridized carbons (Fsp3) is 0.182. The number of anilines is 1. The number of rotatable bonds is 9. The molecule has 0 saturated heterocycles. The fourth-order valence-electron chi connectivity index (χ4n) is 2.96. The van der Waals surface area contributed by atoms with Crippen molar-refractivity contribution in [3.05, 3.63) is 92.0 Å². The Balaban J connectivity index is 1.82. The van der Waals surface area contributed by atoms with E-state index in [1.54, 1.807) is 31.2 Å². The van der Waals surface area contributed by atoms with Crippen LogP contribution in [0.1, 0.15) is 18.1 Å². The van der Waals surface area contributed by atoms with Crippen molar-refractivity contribution in [1.82, 2.24) is 0 Å². The molecule has 0 radical (unpaired) electrons. The lowest BCUT2D eigenvalue weighted by Crippen LogP contribution is -2.06. The highest BCUT2D eigenvalue weighted by Gasteiger charge is 2.33. The molecule has 0 bridgehead atoms. The molecule has 3 aromatic carbocycles. The Hall–Kier alpha value is -4.35. The molecule has 3 rings (SSSR count). The van der Waals surface area contributed by atoms with Crippen LogP contribution >= 0.6 is 0 Å². The van der Waals surface area contributed by atoms with Gasteiger partial charge in [-0.15, -0.1) is 0 Å². The molecule has 0 fully saturated rings. The molecule has 0 heterocycles. The summed E-state index contributed by atoms with van der Waals surface area (Å²) in [7, 11) is 0. The van der Waals surface area contributed by atoms with Crippen LogP contribution in [-0.4, -0.2) is 16.5 Å². The number of hydrogen-bond acceptors (Lipinski definition) is 7. The lowest BCUT2D eigenvalue weighted by atomic mass is 10.1. The van der Waals surface area contributed by atoms with Crippen LogP contribution in [0.2, 0.25) is 0 Å². The van der Waals surface area contributed by atoms with Crippen LogP contribution in [0, 0.1) is 20.2 Å². The van der Waals surface area contributed by atoms with Crippen molar-refractivity contribution in [2.45, 2.75) is 19.6 Å². The van der Waals surface area contributed by atoms with Gasteiger partial charge in [0, 0.05) is 30.4 Å². The third-order valence-electron chi connectivity index (χ3n) is 4.59. The Morgan fingerprint density at radius 2 is 1.56 bits per heavy atom. The van der Waals surface area contributed by atoms with E-state index in [2.05, 4.69) is 5.32 Å². The Morgan fingerprint density at radius 3 is 2.15 bits per heavy atom. The predicted octanol–water partition coefficient (Wildman–Crippen LogP) is 6.32. The molecule has 9 nitrogen and oxygen atoms in total. The second kappa shape index (κ2) is 10.1. The largest absolute Gasteiger partial charge is 0.490 e. The highest BCUT2D eigenvalue weighted by atomic mass is 19.4. The minimum Gasteiger partial charge on any atom is -0.490 e. The molecule has 0 aliphatic carbocycles. The first-order chi connectivity index (χ1) is 16.1. The van der Waals surface area contributed by atoms with Crippen molar-refractivity contribution >= 4 is 17.1 Å². The number of non-ortho nitro benzene ring substituents is 1. The van der Waals surface area contributed by atoms with E-state index in [1.165, 1.54) is 18.2 Å². The van der Waals surface area contributed by atoms with Crippen molar-refractivity contribution < 1.29 is 32.5 Å². The number of halogens is 3. The van der Waals surface area contributed by atoms with Gasteiger partial charge in [0.1, 0.15) is 0 Å². The minimum absolute atomic E-state index is 0.0388. The van der Waals surface area contributed by atoms with E-state index >= 15 is 0 Å². The number of nitro benzene ring substituents is 2. The van der Waals surface area contributed by atoms with Crippen molar-refractivity contribution in [3.8, 4) is 17.2 Å². The van der Waals surface area contributed by atoms with Crippen LogP contribution < -0.4 is 14.8 Å². The molecule has 0 aromatic heterocycles.